The summed E-state index contributed by atoms with van der Waals surface area (Å²) < 4.78 is 1.86. The van der Waals surface area contributed by atoms with Gasteiger partial charge in [0.25, 0.3) is 0 Å². The second kappa shape index (κ2) is 9.73. The summed E-state index contributed by atoms with van der Waals surface area (Å²) >= 11 is 13.6. The fourth-order valence-corrected chi connectivity index (χ4v) is 4.05. The lowest BCUT2D eigenvalue weighted by Gasteiger charge is -2.15. The molecule has 0 radical (unpaired) electrons. The molecule has 0 saturated carbocycles. The van der Waals surface area contributed by atoms with Crippen LogP contribution in [0.15, 0.2) is 41.6 Å². The number of hydrogen-bond acceptors (Lipinski definition) is 5. The fourth-order valence-electron chi connectivity index (χ4n) is 2.86. The number of nitrogens with zero attached hydrogens (tertiary/aromatic N) is 3. The molecule has 0 unspecified atom stereocenters. The van der Waals surface area contributed by atoms with Crippen LogP contribution in [0.4, 0.5) is 11.4 Å². The molecule has 3 aromatic rings. The largest absolute Gasteiger partial charge is 0.376 e. The van der Waals surface area contributed by atoms with Crippen LogP contribution in [0, 0.1) is 13.8 Å². The SMILES string of the molecule is Cc1cccc(C)c1NC(=O)[C@H](C)Sc1nnc(CNc2cc(Cl)ccc2Cl)n1C. The molecule has 0 spiro atoms. The lowest BCUT2D eigenvalue weighted by atomic mass is 10.1. The van der Waals surface area contributed by atoms with Crippen molar-refractivity contribution in [3.8, 4) is 0 Å². The van der Waals surface area contributed by atoms with E-state index in [2.05, 4.69) is 20.8 Å². The van der Waals surface area contributed by atoms with Crippen molar-refractivity contribution >= 4 is 52.2 Å². The van der Waals surface area contributed by atoms with Crippen molar-refractivity contribution in [2.45, 2.75) is 37.7 Å². The van der Waals surface area contributed by atoms with Crippen LogP contribution >= 0.6 is 35.0 Å². The van der Waals surface area contributed by atoms with E-state index in [4.69, 9.17) is 23.2 Å². The van der Waals surface area contributed by atoms with Gasteiger partial charge >= 0.3 is 0 Å². The summed E-state index contributed by atoms with van der Waals surface area (Å²) in [6.45, 7) is 6.24. The van der Waals surface area contributed by atoms with E-state index in [0.717, 1.165) is 28.3 Å². The van der Waals surface area contributed by atoms with Crippen molar-refractivity contribution in [1.82, 2.24) is 14.8 Å². The standard InChI is InChI=1S/C21H23Cl2N5OS/c1-12-6-5-7-13(2)19(12)25-20(29)14(3)30-21-27-26-18(28(21)4)11-24-17-10-15(22)8-9-16(17)23/h5-10,14,24H,11H2,1-4H3,(H,25,29)/t14-/m0/s1. The summed E-state index contributed by atoms with van der Waals surface area (Å²) in [6, 6.07) is 11.2. The Labute approximate surface area is 190 Å². The second-order valence-corrected chi connectivity index (χ2v) is 9.10. The average molecular weight is 464 g/mol. The average Bonchev–Trinajstić information content (AvgIpc) is 3.05. The fraction of sp³-hybridized carbons (Fsp3) is 0.286. The summed E-state index contributed by atoms with van der Waals surface area (Å²) in [5.74, 6) is 0.640. The van der Waals surface area contributed by atoms with E-state index in [0.29, 0.717) is 21.7 Å². The maximum Gasteiger partial charge on any atom is 0.237 e. The van der Waals surface area contributed by atoms with Gasteiger partial charge in [-0.25, -0.2) is 0 Å². The maximum absolute atomic E-state index is 12.7. The Morgan fingerprint density at radius 3 is 2.57 bits per heavy atom. The van der Waals surface area contributed by atoms with Crippen LogP contribution in [0.2, 0.25) is 10.0 Å². The summed E-state index contributed by atoms with van der Waals surface area (Å²) in [5.41, 5.74) is 3.65. The van der Waals surface area contributed by atoms with Gasteiger partial charge in [0, 0.05) is 17.8 Å². The van der Waals surface area contributed by atoms with Gasteiger partial charge in [0.05, 0.1) is 22.5 Å². The first-order valence-corrected chi connectivity index (χ1v) is 11.0. The number of benzene rings is 2. The normalized spacial score (nSPS) is 11.9. The van der Waals surface area contributed by atoms with E-state index in [9.17, 15) is 4.79 Å². The summed E-state index contributed by atoms with van der Waals surface area (Å²) in [5, 5.41) is 16.2. The number of aromatic nitrogens is 3. The van der Waals surface area contributed by atoms with Gasteiger partial charge in [-0.1, -0.05) is 53.2 Å². The third kappa shape index (κ3) is 5.28. The number of thioether (sulfide) groups is 1. The van der Waals surface area contributed by atoms with Crippen molar-refractivity contribution in [1.29, 1.82) is 0 Å². The van der Waals surface area contributed by atoms with Crippen LogP contribution < -0.4 is 10.6 Å². The minimum Gasteiger partial charge on any atom is -0.376 e. The van der Waals surface area contributed by atoms with Crippen LogP contribution in [0.5, 0.6) is 0 Å². The van der Waals surface area contributed by atoms with Crippen LogP contribution in [0.3, 0.4) is 0 Å². The minimum atomic E-state index is -0.338. The Kier molecular flexibility index (Phi) is 7.28. The number of amides is 1. The summed E-state index contributed by atoms with van der Waals surface area (Å²) in [4.78, 5) is 12.7. The Hall–Kier alpha value is -2.22. The van der Waals surface area contributed by atoms with E-state index in [1.54, 1.807) is 18.2 Å². The molecule has 30 heavy (non-hydrogen) atoms. The molecule has 3 rings (SSSR count). The van der Waals surface area contributed by atoms with Crippen LogP contribution in [-0.4, -0.2) is 25.9 Å². The third-order valence-electron chi connectivity index (χ3n) is 4.67. The van der Waals surface area contributed by atoms with Crippen molar-refractivity contribution < 1.29 is 4.79 Å². The molecule has 1 heterocycles. The maximum atomic E-state index is 12.7. The summed E-state index contributed by atoms with van der Waals surface area (Å²) in [7, 11) is 1.87. The topological polar surface area (TPSA) is 71.8 Å². The monoisotopic (exact) mass is 463 g/mol. The van der Waals surface area contributed by atoms with E-state index in [-0.39, 0.29) is 11.2 Å². The molecule has 1 aromatic heterocycles. The third-order valence-corrected chi connectivity index (χ3v) is 6.37. The van der Waals surface area contributed by atoms with E-state index in [1.165, 1.54) is 11.8 Å². The molecule has 0 aliphatic carbocycles. The lowest BCUT2D eigenvalue weighted by molar-refractivity contribution is -0.115. The quantitative estimate of drug-likeness (QED) is 0.454. The van der Waals surface area contributed by atoms with Gasteiger partial charge in [-0.3, -0.25) is 4.79 Å². The zero-order valence-electron chi connectivity index (χ0n) is 17.2. The van der Waals surface area contributed by atoms with Gasteiger partial charge < -0.3 is 15.2 Å². The van der Waals surface area contributed by atoms with Crippen molar-refractivity contribution in [2.24, 2.45) is 7.05 Å². The van der Waals surface area contributed by atoms with Gasteiger partial charge in [-0.15, -0.1) is 10.2 Å². The number of carbonyl (C=O) groups excluding carboxylic acids is 1. The smallest absolute Gasteiger partial charge is 0.237 e. The van der Waals surface area contributed by atoms with Crippen molar-refractivity contribution in [2.75, 3.05) is 10.6 Å². The zero-order chi connectivity index (χ0) is 21.8. The Morgan fingerprint density at radius 2 is 1.87 bits per heavy atom. The highest BCUT2D eigenvalue weighted by atomic mass is 35.5. The van der Waals surface area contributed by atoms with Crippen LogP contribution in [0.25, 0.3) is 0 Å². The van der Waals surface area contributed by atoms with Gasteiger partial charge in [-0.2, -0.15) is 0 Å². The molecule has 0 bridgehead atoms. The van der Waals surface area contributed by atoms with Gasteiger partial charge in [0.2, 0.25) is 5.91 Å². The number of carbonyl (C=O) groups is 1. The molecule has 1 atom stereocenters. The number of para-hydroxylation sites is 1. The number of halogens is 2. The summed E-state index contributed by atoms with van der Waals surface area (Å²) in [6.07, 6.45) is 0. The van der Waals surface area contributed by atoms with E-state index >= 15 is 0 Å². The van der Waals surface area contributed by atoms with Crippen molar-refractivity contribution in [3.05, 3.63) is 63.4 Å². The highest BCUT2D eigenvalue weighted by Gasteiger charge is 2.20. The van der Waals surface area contributed by atoms with Crippen molar-refractivity contribution in [3.63, 3.8) is 0 Å². The number of hydrogen-bond donors (Lipinski definition) is 2. The molecule has 2 aromatic carbocycles. The van der Waals surface area contributed by atoms with E-state index < -0.39 is 0 Å². The zero-order valence-corrected chi connectivity index (χ0v) is 19.5. The number of nitrogens with one attached hydrogen (secondary N) is 2. The highest BCUT2D eigenvalue weighted by Crippen LogP contribution is 2.27. The molecule has 0 aliphatic heterocycles. The predicted molar refractivity (Wildman–Crippen MR) is 125 cm³/mol. The first kappa shape index (κ1) is 22.5. The Morgan fingerprint density at radius 1 is 1.17 bits per heavy atom. The van der Waals surface area contributed by atoms with Gasteiger partial charge in [-0.05, 0) is 50.1 Å². The molecule has 9 heteroatoms. The molecule has 0 aliphatic rings. The first-order chi connectivity index (χ1) is 14.3. The predicted octanol–water partition coefficient (Wildman–Crippen LogP) is 5.47. The second-order valence-electron chi connectivity index (χ2n) is 6.95. The molecule has 0 saturated heterocycles. The van der Waals surface area contributed by atoms with Gasteiger partial charge in [0.15, 0.2) is 11.0 Å². The Balaban J connectivity index is 1.64. The first-order valence-electron chi connectivity index (χ1n) is 9.37. The molecular weight excluding hydrogens is 441 g/mol. The molecule has 158 valence electrons. The number of anilines is 2. The molecule has 0 fully saturated rings. The van der Waals surface area contributed by atoms with Crippen LogP contribution in [-0.2, 0) is 18.4 Å². The lowest BCUT2D eigenvalue weighted by Crippen LogP contribution is -2.23. The van der Waals surface area contributed by atoms with Gasteiger partial charge in [0.1, 0.15) is 0 Å². The molecule has 6 nitrogen and oxygen atoms in total. The molecule has 1 amide bonds. The number of aryl methyl sites for hydroxylation is 2. The molecule has 2 N–H and O–H groups in total. The number of rotatable bonds is 7. The van der Waals surface area contributed by atoms with Crippen LogP contribution in [0.1, 0.15) is 23.9 Å². The minimum absolute atomic E-state index is 0.0780. The Bertz CT molecular complexity index is 1050. The van der Waals surface area contributed by atoms with E-state index in [1.807, 2.05) is 50.6 Å². The highest BCUT2D eigenvalue weighted by molar-refractivity contribution is 8.00. The molecular formula is C21H23Cl2N5OS.